The quantitative estimate of drug-likeness (QED) is 0.946. The fourth-order valence-electron chi connectivity index (χ4n) is 2.05. The van der Waals surface area contributed by atoms with Gasteiger partial charge < -0.3 is 9.73 Å². The van der Waals surface area contributed by atoms with Gasteiger partial charge in [0.15, 0.2) is 9.84 Å². The van der Waals surface area contributed by atoms with Gasteiger partial charge >= 0.3 is 0 Å². The summed E-state index contributed by atoms with van der Waals surface area (Å²) in [5.74, 6) is 0.941. The van der Waals surface area contributed by atoms with Gasteiger partial charge in [0, 0.05) is 11.9 Å². The number of anilines is 1. The number of benzene rings is 1. The van der Waals surface area contributed by atoms with Crippen LogP contribution in [0.5, 0.6) is 0 Å². The maximum atomic E-state index is 12.2. The van der Waals surface area contributed by atoms with Crippen molar-refractivity contribution in [3.8, 4) is 0 Å². The lowest BCUT2D eigenvalue weighted by molar-refractivity contribution is 0.102. The number of hydrogen-bond acceptors (Lipinski definition) is 4. The van der Waals surface area contributed by atoms with Gasteiger partial charge in [-0.3, -0.25) is 4.79 Å². The van der Waals surface area contributed by atoms with Crippen molar-refractivity contribution in [3.05, 3.63) is 46.9 Å². The Balaban J connectivity index is 2.28. The lowest BCUT2D eigenvalue weighted by Crippen LogP contribution is -2.13. The maximum absolute atomic E-state index is 12.2. The van der Waals surface area contributed by atoms with E-state index in [0.717, 1.165) is 6.26 Å². The van der Waals surface area contributed by atoms with E-state index in [1.54, 1.807) is 39.0 Å². The highest BCUT2D eigenvalue weighted by molar-refractivity contribution is 7.90. The molecular formula is C15H17NO4S. The predicted octanol–water partition coefficient (Wildman–Crippen LogP) is 2.86. The Bertz CT molecular complexity index is 803. The van der Waals surface area contributed by atoms with Crippen molar-refractivity contribution in [2.45, 2.75) is 25.7 Å². The van der Waals surface area contributed by atoms with Gasteiger partial charge in [-0.2, -0.15) is 0 Å². The number of carbonyl (C=O) groups is 1. The Morgan fingerprint density at radius 3 is 2.29 bits per heavy atom. The van der Waals surface area contributed by atoms with Crippen LogP contribution in [0.4, 0.5) is 5.69 Å². The summed E-state index contributed by atoms with van der Waals surface area (Å²) in [6.45, 7) is 5.25. The molecule has 0 unspecified atom stereocenters. The molecule has 1 aromatic heterocycles. The van der Waals surface area contributed by atoms with Crippen molar-refractivity contribution in [2.24, 2.45) is 0 Å². The van der Waals surface area contributed by atoms with E-state index in [1.165, 1.54) is 6.07 Å². The molecule has 1 N–H and O–H groups in total. The highest BCUT2D eigenvalue weighted by Gasteiger charge is 2.15. The summed E-state index contributed by atoms with van der Waals surface area (Å²) in [7, 11) is -3.25. The van der Waals surface area contributed by atoms with Crippen LogP contribution in [0.2, 0.25) is 0 Å². The molecule has 2 rings (SSSR count). The average molecular weight is 307 g/mol. The van der Waals surface area contributed by atoms with Gasteiger partial charge in [0.1, 0.15) is 11.5 Å². The Morgan fingerprint density at radius 2 is 1.81 bits per heavy atom. The zero-order valence-electron chi connectivity index (χ0n) is 12.4. The van der Waals surface area contributed by atoms with Crippen LogP contribution in [0, 0.1) is 20.8 Å². The van der Waals surface area contributed by atoms with E-state index in [-0.39, 0.29) is 10.8 Å². The second-order valence-electron chi connectivity index (χ2n) is 5.03. The highest BCUT2D eigenvalue weighted by atomic mass is 32.2. The minimum absolute atomic E-state index is 0.230. The number of hydrogen-bond donors (Lipinski definition) is 1. The molecule has 0 aliphatic heterocycles. The van der Waals surface area contributed by atoms with Crippen LogP contribution in [0.3, 0.4) is 0 Å². The fraction of sp³-hybridized carbons (Fsp3) is 0.267. The molecule has 0 aliphatic rings. The number of rotatable bonds is 3. The van der Waals surface area contributed by atoms with E-state index in [1.807, 2.05) is 0 Å². The van der Waals surface area contributed by atoms with Crippen LogP contribution in [0.15, 0.2) is 33.6 Å². The largest absolute Gasteiger partial charge is 0.466 e. The third-order valence-corrected chi connectivity index (χ3v) is 4.27. The number of carbonyl (C=O) groups excluding carboxylic acids is 1. The molecule has 1 amide bonds. The third kappa shape index (κ3) is 3.33. The number of furan rings is 1. The van der Waals surface area contributed by atoms with E-state index >= 15 is 0 Å². The van der Waals surface area contributed by atoms with Gasteiger partial charge in [-0.25, -0.2) is 8.42 Å². The summed E-state index contributed by atoms with van der Waals surface area (Å²) in [5.41, 5.74) is 1.73. The van der Waals surface area contributed by atoms with Crippen molar-refractivity contribution in [1.29, 1.82) is 0 Å². The normalized spacial score (nSPS) is 11.4. The number of sulfone groups is 1. The maximum Gasteiger partial charge on any atom is 0.259 e. The predicted molar refractivity (Wildman–Crippen MR) is 80.4 cm³/mol. The first-order valence-electron chi connectivity index (χ1n) is 6.37. The van der Waals surface area contributed by atoms with Gasteiger partial charge in [-0.1, -0.05) is 0 Å². The molecule has 0 atom stereocenters. The molecule has 0 aliphatic carbocycles. The van der Waals surface area contributed by atoms with Crippen LogP contribution in [-0.4, -0.2) is 20.6 Å². The summed E-state index contributed by atoms with van der Waals surface area (Å²) in [5, 5.41) is 2.77. The third-order valence-electron chi connectivity index (χ3n) is 3.16. The van der Waals surface area contributed by atoms with Crippen LogP contribution in [0.1, 0.15) is 27.4 Å². The topological polar surface area (TPSA) is 76.4 Å². The number of aryl methyl sites for hydroxylation is 3. The molecule has 0 fully saturated rings. The first-order valence-corrected chi connectivity index (χ1v) is 8.26. The van der Waals surface area contributed by atoms with Crippen LogP contribution in [0.25, 0.3) is 0 Å². The molecular weight excluding hydrogens is 290 g/mol. The zero-order chi connectivity index (χ0) is 15.8. The van der Waals surface area contributed by atoms with Crippen molar-refractivity contribution in [2.75, 3.05) is 11.6 Å². The second kappa shape index (κ2) is 5.37. The average Bonchev–Trinajstić information content (AvgIpc) is 2.69. The molecule has 0 radical (unpaired) electrons. The lowest BCUT2D eigenvalue weighted by atomic mass is 10.2. The monoisotopic (exact) mass is 307 g/mol. The highest BCUT2D eigenvalue weighted by Crippen LogP contribution is 2.21. The van der Waals surface area contributed by atoms with E-state index in [4.69, 9.17) is 4.42 Å². The number of nitrogens with one attached hydrogen (secondary N) is 1. The Hall–Kier alpha value is -2.08. The molecule has 0 saturated heterocycles. The van der Waals surface area contributed by atoms with Crippen molar-refractivity contribution in [3.63, 3.8) is 0 Å². The van der Waals surface area contributed by atoms with Gasteiger partial charge in [-0.05, 0) is 50.6 Å². The van der Waals surface area contributed by atoms with Crippen molar-refractivity contribution >= 4 is 21.4 Å². The molecule has 0 bridgehead atoms. The van der Waals surface area contributed by atoms with E-state index < -0.39 is 9.84 Å². The first kappa shape index (κ1) is 15.3. The summed E-state index contributed by atoms with van der Waals surface area (Å²) in [6.07, 6.45) is 1.15. The SMILES string of the molecule is Cc1cc(C(=O)Nc2ccc(S(C)(=O)=O)cc2C)c(C)o1. The summed E-state index contributed by atoms with van der Waals surface area (Å²) in [4.78, 5) is 12.4. The summed E-state index contributed by atoms with van der Waals surface area (Å²) < 4.78 is 28.3. The zero-order valence-corrected chi connectivity index (χ0v) is 13.2. The minimum Gasteiger partial charge on any atom is -0.466 e. The standard InChI is InChI=1S/C15H17NO4S/c1-9-7-12(21(4,18)19)5-6-14(9)16-15(17)13-8-10(2)20-11(13)3/h5-8H,1-4H3,(H,16,17). The smallest absolute Gasteiger partial charge is 0.259 e. The Morgan fingerprint density at radius 1 is 1.14 bits per heavy atom. The first-order chi connectivity index (χ1) is 9.68. The lowest BCUT2D eigenvalue weighted by Gasteiger charge is -2.09. The van der Waals surface area contributed by atoms with Crippen LogP contribution >= 0.6 is 0 Å². The van der Waals surface area contributed by atoms with Gasteiger partial charge in [0.2, 0.25) is 0 Å². The van der Waals surface area contributed by atoms with E-state index in [0.29, 0.717) is 28.3 Å². The molecule has 112 valence electrons. The molecule has 1 aromatic carbocycles. The van der Waals surface area contributed by atoms with Gasteiger partial charge in [0.05, 0.1) is 10.5 Å². The Labute approximate surface area is 123 Å². The van der Waals surface area contributed by atoms with Crippen LogP contribution < -0.4 is 5.32 Å². The summed E-state index contributed by atoms with van der Waals surface area (Å²) in [6, 6.07) is 6.28. The number of amides is 1. The van der Waals surface area contributed by atoms with Gasteiger partial charge in [-0.15, -0.1) is 0 Å². The van der Waals surface area contributed by atoms with Crippen LogP contribution in [-0.2, 0) is 9.84 Å². The molecule has 5 nitrogen and oxygen atoms in total. The molecule has 21 heavy (non-hydrogen) atoms. The second-order valence-corrected chi connectivity index (χ2v) is 7.05. The minimum atomic E-state index is -3.25. The fourth-order valence-corrected chi connectivity index (χ4v) is 2.76. The van der Waals surface area contributed by atoms with Gasteiger partial charge in [0.25, 0.3) is 5.91 Å². The van der Waals surface area contributed by atoms with E-state index in [2.05, 4.69) is 5.32 Å². The molecule has 2 aromatic rings. The molecule has 1 heterocycles. The molecule has 6 heteroatoms. The molecule has 0 spiro atoms. The van der Waals surface area contributed by atoms with Crippen molar-refractivity contribution < 1.29 is 17.6 Å². The van der Waals surface area contributed by atoms with E-state index in [9.17, 15) is 13.2 Å². The van der Waals surface area contributed by atoms with Crippen molar-refractivity contribution in [1.82, 2.24) is 0 Å². The Kier molecular flexibility index (Phi) is 3.91. The summed E-state index contributed by atoms with van der Waals surface area (Å²) >= 11 is 0. The molecule has 0 saturated carbocycles.